The van der Waals surface area contributed by atoms with Crippen molar-refractivity contribution < 1.29 is 13.6 Å². The van der Waals surface area contributed by atoms with E-state index >= 15 is 0 Å². The molecule has 1 atom stereocenters. The number of halogens is 1. The van der Waals surface area contributed by atoms with Gasteiger partial charge in [-0.15, -0.1) is 5.10 Å². The van der Waals surface area contributed by atoms with Crippen LogP contribution in [0, 0.1) is 12.7 Å². The van der Waals surface area contributed by atoms with Gasteiger partial charge in [-0.2, -0.15) is 0 Å². The van der Waals surface area contributed by atoms with Crippen molar-refractivity contribution in [3.05, 3.63) is 111 Å². The monoisotopic (exact) mass is 527 g/mol. The zero-order valence-electron chi connectivity index (χ0n) is 21.2. The number of pyridine rings is 1. The fourth-order valence-electron chi connectivity index (χ4n) is 5.12. The molecule has 0 bridgehead atoms. The van der Waals surface area contributed by atoms with E-state index in [0.717, 1.165) is 22.0 Å². The number of hydrogen-bond donors (Lipinski definition) is 1. The Morgan fingerprint density at radius 3 is 2.62 bits per heavy atom. The second-order valence-electron chi connectivity index (χ2n) is 9.62. The highest BCUT2D eigenvalue weighted by atomic mass is 19.1. The Morgan fingerprint density at radius 1 is 1.08 bits per heavy atom. The first-order valence-electron chi connectivity index (χ1n) is 12.7. The van der Waals surface area contributed by atoms with Crippen LogP contribution in [0.1, 0.15) is 39.1 Å². The summed E-state index contributed by atoms with van der Waals surface area (Å²) >= 11 is 0. The van der Waals surface area contributed by atoms with Crippen LogP contribution in [0.3, 0.4) is 0 Å². The summed E-state index contributed by atoms with van der Waals surface area (Å²) in [5.41, 5.74) is 2.85. The van der Waals surface area contributed by atoms with Crippen LogP contribution in [-0.2, 0) is 6.54 Å². The summed E-state index contributed by atoms with van der Waals surface area (Å²) in [6.45, 7) is 4.13. The first kappa shape index (κ1) is 24.7. The Morgan fingerprint density at radius 2 is 1.87 bits per heavy atom. The number of H-pyrrole nitrogens is 1. The summed E-state index contributed by atoms with van der Waals surface area (Å²) in [4.78, 5) is 33.3. The van der Waals surface area contributed by atoms with Gasteiger partial charge in [0.15, 0.2) is 11.6 Å². The van der Waals surface area contributed by atoms with E-state index in [2.05, 4.69) is 25.4 Å². The number of amides is 1. The molecule has 4 heterocycles. The quantitative estimate of drug-likeness (QED) is 0.361. The molecule has 1 aliphatic rings. The SMILES string of the molecule is Cc1cccc2cc([C@H](c3nnnn3Cc3ccc(F)cc3)N3CCN(C(=O)c4ccco4)CC3)c(=O)[nH]c12. The number of furan rings is 1. The Hall–Kier alpha value is -4.64. The van der Waals surface area contributed by atoms with Crippen molar-refractivity contribution in [3.8, 4) is 0 Å². The smallest absolute Gasteiger partial charge is 0.289 e. The van der Waals surface area contributed by atoms with Gasteiger partial charge in [0.25, 0.3) is 11.5 Å². The van der Waals surface area contributed by atoms with Crippen molar-refractivity contribution >= 4 is 16.8 Å². The molecular weight excluding hydrogens is 501 g/mol. The number of aryl methyl sites for hydroxylation is 1. The van der Waals surface area contributed by atoms with Gasteiger partial charge in [-0.05, 0) is 64.2 Å². The lowest BCUT2D eigenvalue weighted by atomic mass is 10.0. The Labute approximate surface area is 222 Å². The van der Waals surface area contributed by atoms with Crippen LogP contribution in [-0.4, -0.2) is 67.1 Å². The second-order valence-corrected chi connectivity index (χ2v) is 9.62. The van der Waals surface area contributed by atoms with Crippen LogP contribution < -0.4 is 5.56 Å². The average Bonchev–Trinajstić information content (AvgIpc) is 3.64. The lowest BCUT2D eigenvalue weighted by Crippen LogP contribution is -2.50. The van der Waals surface area contributed by atoms with Crippen molar-refractivity contribution in [2.24, 2.45) is 0 Å². The molecule has 0 unspecified atom stereocenters. The molecule has 198 valence electrons. The molecule has 0 aliphatic carbocycles. The predicted octanol–water partition coefficient (Wildman–Crippen LogP) is 3.15. The minimum absolute atomic E-state index is 0.170. The van der Waals surface area contributed by atoms with Gasteiger partial charge in [-0.3, -0.25) is 14.5 Å². The Balaban J connectivity index is 1.37. The number of para-hydroxylation sites is 1. The molecule has 0 spiro atoms. The van der Waals surface area contributed by atoms with Crippen molar-refractivity contribution in [2.75, 3.05) is 26.2 Å². The third-order valence-electron chi connectivity index (χ3n) is 7.16. The second kappa shape index (κ2) is 10.3. The van der Waals surface area contributed by atoms with Crippen LogP contribution in [0.2, 0.25) is 0 Å². The molecule has 11 heteroatoms. The van der Waals surface area contributed by atoms with Crippen LogP contribution in [0.15, 0.2) is 76.1 Å². The van der Waals surface area contributed by atoms with Gasteiger partial charge in [-0.1, -0.05) is 30.3 Å². The minimum Gasteiger partial charge on any atom is -0.459 e. The molecule has 1 fully saturated rings. The summed E-state index contributed by atoms with van der Waals surface area (Å²) in [6.07, 6.45) is 1.48. The molecule has 3 aromatic heterocycles. The van der Waals surface area contributed by atoms with E-state index in [1.807, 2.05) is 31.2 Å². The molecule has 39 heavy (non-hydrogen) atoms. The van der Waals surface area contributed by atoms with Crippen LogP contribution in [0.5, 0.6) is 0 Å². The Bertz CT molecular complexity index is 1670. The van der Waals surface area contributed by atoms with Crippen molar-refractivity contribution in [1.82, 2.24) is 35.0 Å². The van der Waals surface area contributed by atoms with Crippen LogP contribution in [0.4, 0.5) is 4.39 Å². The number of rotatable bonds is 6. The van der Waals surface area contributed by atoms with E-state index < -0.39 is 6.04 Å². The number of nitrogens with one attached hydrogen (secondary N) is 1. The summed E-state index contributed by atoms with van der Waals surface area (Å²) in [6, 6.07) is 16.7. The lowest BCUT2D eigenvalue weighted by molar-refractivity contribution is 0.0558. The molecule has 1 saturated heterocycles. The summed E-state index contributed by atoms with van der Waals surface area (Å²) in [5, 5.41) is 13.4. The number of piperazine rings is 1. The average molecular weight is 528 g/mol. The van der Waals surface area contributed by atoms with E-state index in [4.69, 9.17) is 4.42 Å². The van der Waals surface area contributed by atoms with E-state index in [1.54, 1.807) is 33.8 Å². The molecule has 5 aromatic rings. The first-order chi connectivity index (χ1) is 19.0. The lowest BCUT2D eigenvalue weighted by Gasteiger charge is -2.38. The normalized spacial score (nSPS) is 15.1. The van der Waals surface area contributed by atoms with E-state index in [9.17, 15) is 14.0 Å². The number of nitrogens with zero attached hydrogens (tertiary/aromatic N) is 6. The van der Waals surface area contributed by atoms with Gasteiger partial charge in [0.1, 0.15) is 11.9 Å². The topological polar surface area (TPSA) is 113 Å². The summed E-state index contributed by atoms with van der Waals surface area (Å²) in [5.74, 6) is 0.289. The summed E-state index contributed by atoms with van der Waals surface area (Å²) in [7, 11) is 0. The molecule has 10 nitrogen and oxygen atoms in total. The zero-order valence-corrected chi connectivity index (χ0v) is 21.2. The standard InChI is InChI=1S/C28H26FN7O3/c1-18-4-2-5-20-16-22(27(37)30-24(18)20)25(26-31-32-33-36(26)17-19-7-9-21(29)10-8-19)34-11-13-35(14-12-34)28(38)23-6-3-15-39-23/h2-10,15-16,25H,11-14,17H2,1H3,(H,30,37)/t25-/m1/s1. The highest BCUT2D eigenvalue weighted by Crippen LogP contribution is 2.29. The number of aromatic nitrogens is 5. The number of benzene rings is 2. The highest BCUT2D eigenvalue weighted by molar-refractivity contribution is 5.91. The number of tetrazole rings is 1. The third kappa shape index (κ3) is 4.84. The van der Waals surface area contributed by atoms with Crippen molar-refractivity contribution in [3.63, 3.8) is 0 Å². The maximum atomic E-state index is 13.5. The molecule has 1 N–H and O–H groups in total. The van der Waals surface area contributed by atoms with Crippen molar-refractivity contribution in [1.29, 1.82) is 0 Å². The zero-order chi connectivity index (χ0) is 26.9. The molecule has 0 radical (unpaired) electrons. The molecule has 1 amide bonds. The predicted molar refractivity (Wildman–Crippen MR) is 141 cm³/mol. The first-order valence-corrected chi connectivity index (χ1v) is 12.7. The Kier molecular flexibility index (Phi) is 6.49. The van der Waals surface area contributed by atoms with Gasteiger partial charge in [0, 0.05) is 31.7 Å². The molecule has 0 saturated carbocycles. The minimum atomic E-state index is -0.574. The van der Waals surface area contributed by atoms with Gasteiger partial charge in [0.2, 0.25) is 0 Å². The number of carbonyl (C=O) groups excluding carboxylic acids is 1. The van der Waals surface area contributed by atoms with Gasteiger partial charge < -0.3 is 14.3 Å². The summed E-state index contributed by atoms with van der Waals surface area (Å²) < 4.78 is 20.4. The largest absolute Gasteiger partial charge is 0.459 e. The molecule has 1 aliphatic heterocycles. The maximum absolute atomic E-state index is 13.5. The third-order valence-corrected chi connectivity index (χ3v) is 7.16. The number of fused-ring (bicyclic) bond motifs is 1. The van der Waals surface area contributed by atoms with Gasteiger partial charge >= 0.3 is 0 Å². The molecule has 2 aromatic carbocycles. The number of aromatic amines is 1. The fraction of sp³-hybridized carbons (Fsp3) is 0.250. The maximum Gasteiger partial charge on any atom is 0.289 e. The van der Waals surface area contributed by atoms with E-state index in [1.165, 1.54) is 18.4 Å². The van der Waals surface area contributed by atoms with Crippen LogP contribution in [0.25, 0.3) is 10.9 Å². The van der Waals surface area contributed by atoms with E-state index in [0.29, 0.717) is 49.9 Å². The van der Waals surface area contributed by atoms with E-state index in [-0.39, 0.29) is 17.3 Å². The van der Waals surface area contributed by atoms with Crippen LogP contribution >= 0.6 is 0 Å². The van der Waals surface area contributed by atoms with Crippen molar-refractivity contribution in [2.45, 2.75) is 19.5 Å². The van der Waals surface area contributed by atoms with Gasteiger partial charge in [0.05, 0.1) is 18.3 Å². The van der Waals surface area contributed by atoms with Gasteiger partial charge in [-0.25, -0.2) is 9.07 Å². The highest BCUT2D eigenvalue weighted by Gasteiger charge is 2.34. The molecule has 6 rings (SSSR count). The fourth-order valence-corrected chi connectivity index (χ4v) is 5.12. The number of hydrogen-bond acceptors (Lipinski definition) is 7. The molecular formula is C28H26FN7O3. The number of carbonyl (C=O) groups is 1.